The quantitative estimate of drug-likeness (QED) is 0.498. The van der Waals surface area contributed by atoms with E-state index >= 15 is 0 Å². The van der Waals surface area contributed by atoms with Crippen LogP contribution in [0.5, 0.6) is 0 Å². The van der Waals surface area contributed by atoms with E-state index in [1.54, 1.807) is 0 Å². The van der Waals surface area contributed by atoms with Crippen molar-refractivity contribution in [3.8, 4) is 22.3 Å². The van der Waals surface area contributed by atoms with E-state index in [-0.39, 0.29) is 23.7 Å². The molecular weight excluding hydrogens is 367 g/mol. The van der Waals surface area contributed by atoms with Crippen molar-refractivity contribution < 1.29 is 9.31 Å². The lowest BCUT2D eigenvalue weighted by Gasteiger charge is -2.32. The van der Waals surface area contributed by atoms with E-state index in [2.05, 4.69) is 108 Å². The highest BCUT2D eigenvalue weighted by Gasteiger charge is 2.52. The minimum absolute atomic E-state index is 0.0127. The molecule has 0 spiro atoms. The Kier molecular flexibility index (Phi) is 4.13. The number of rotatable bonds is 2. The molecule has 152 valence electrons. The van der Waals surface area contributed by atoms with Gasteiger partial charge < -0.3 is 9.31 Å². The molecule has 1 saturated heterocycles. The Labute approximate surface area is 180 Å². The Bertz CT molecular complexity index is 1130. The molecule has 3 aromatic carbocycles. The van der Waals surface area contributed by atoms with Crippen LogP contribution in [-0.4, -0.2) is 18.3 Å². The molecule has 3 heteroatoms. The minimum atomic E-state index is -0.371. The van der Waals surface area contributed by atoms with Crippen molar-refractivity contribution in [2.24, 2.45) is 0 Å². The van der Waals surface area contributed by atoms with Crippen LogP contribution >= 0.6 is 0 Å². The SMILES string of the molecule is CC1(C)c2ccccc2-c2ccc(-c3ccccc3B3OC(C)(C)C(C)(C)O3)cc21. The summed E-state index contributed by atoms with van der Waals surface area (Å²) >= 11 is 0. The molecule has 0 radical (unpaired) electrons. The molecule has 0 bridgehead atoms. The van der Waals surface area contributed by atoms with Crippen LogP contribution < -0.4 is 5.46 Å². The summed E-state index contributed by atoms with van der Waals surface area (Å²) in [5.41, 5.74) is 8.21. The Morgan fingerprint density at radius 3 is 1.87 bits per heavy atom. The van der Waals surface area contributed by atoms with Gasteiger partial charge in [0.2, 0.25) is 0 Å². The molecule has 1 fully saturated rings. The topological polar surface area (TPSA) is 18.5 Å². The van der Waals surface area contributed by atoms with E-state index < -0.39 is 0 Å². The summed E-state index contributed by atoms with van der Waals surface area (Å²) in [6.07, 6.45) is 0. The first-order valence-corrected chi connectivity index (χ1v) is 10.8. The fourth-order valence-corrected chi connectivity index (χ4v) is 4.81. The monoisotopic (exact) mass is 396 g/mol. The molecule has 2 nitrogen and oxygen atoms in total. The van der Waals surface area contributed by atoms with Crippen molar-refractivity contribution in [1.82, 2.24) is 0 Å². The van der Waals surface area contributed by atoms with Crippen molar-refractivity contribution in [2.45, 2.75) is 58.2 Å². The van der Waals surface area contributed by atoms with Gasteiger partial charge in [0.15, 0.2) is 0 Å². The Balaban J connectivity index is 1.61. The molecule has 0 aromatic heterocycles. The lowest BCUT2D eigenvalue weighted by atomic mass is 9.73. The zero-order valence-corrected chi connectivity index (χ0v) is 18.7. The van der Waals surface area contributed by atoms with Gasteiger partial charge in [0.05, 0.1) is 11.2 Å². The van der Waals surface area contributed by atoms with Gasteiger partial charge in [-0.15, -0.1) is 0 Å². The number of hydrogen-bond donors (Lipinski definition) is 0. The Morgan fingerprint density at radius 2 is 1.17 bits per heavy atom. The fourth-order valence-electron chi connectivity index (χ4n) is 4.81. The number of benzene rings is 3. The van der Waals surface area contributed by atoms with Crippen LogP contribution in [0.1, 0.15) is 52.7 Å². The third-order valence-electron chi connectivity index (χ3n) is 7.36. The lowest BCUT2D eigenvalue weighted by molar-refractivity contribution is 0.00578. The van der Waals surface area contributed by atoms with E-state index in [9.17, 15) is 0 Å². The molecule has 30 heavy (non-hydrogen) atoms. The molecule has 0 saturated carbocycles. The van der Waals surface area contributed by atoms with Crippen LogP contribution in [0.4, 0.5) is 0 Å². The van der Waals surface area contributed by atoms with Gasteiger partial charge in [0, 0.05) is 5.41 Å². The first-order valence-electron chi connectivity index (χ1n) is 10.8. The first kappa shape index (κ1) is 19.6. The molecule has 5 rings (SSSR count). The minimum Gasteiger partial charge on any atom is -0.399 e. The van der Waals surface area contributed by atoms with Crippen molar-refractivity contribution in [3.63, 3.8) is 0 Å². The third-order valence-corrected chi connectivity index (χ3v) is 7.36. The summed E-state index contributed by atoms with van der Waals surface area (Å²) in [5.74, 6) is 0. The van der Waals surface area contributed by atoms with E-state index in [4.69, 9.17) is 9.31 Å². The molecule has 1 aliphatic carbocycles. The molecule has 3 aromatic rings. The maximum Gasteiger partial charge on any atom is 0.495 e. The van der Waals surface area contributed by atoms with E-state index in [0.29, 0.717) is 0 Å². The van der Waals surface area contributed by atoms with Gasteiger partial charge in [-0.05, 0) is 72.6 Å². The molecule has 0 unspecified atom stereocenters. The predicted octanol–water partition coefficient (Wildman–Crippen LogP) is 5.96. The van der Waals surface area contributed by atoms with E-state index in [0.717, 1.165) is 5.46 Å². The van der Waals surface area contributed by atoms with Gasteiger partial charge in [-0.25, -0.2) is 0 Å². The summed E-state index contributed by atoms with van der Waals surface area (Å²) in [7, 11) is -0.371. The summed E-state index contributed by atoms with van der Waals surface area (Å²) < 4.78 is 12.7. The van der Waals surface area contributed by atoms with Crippen LogP contribution in [0.25, 0.3) is 22.3 Å². The average molecular weight is 396 g/mol. The Hall–Kier alpha value is -2.36. The van der Waals surface area contributed by atoms with Crippen LogP contribution in [0.15, 0.2) is 66.7 Å². The maximum absolute atomic E-state index is 6.37. The van der Waals surface area contributed by atoms with Gasteiger partial charge in [0.1, 0.15) is 0 Å². The highest BCUT2D eigenvalue weighted by atomic mass is 16.7. The third kappa shape index (κ3) is 2.72. The molecule has 0 amide bonds. The second-order valence-corrected chi connectivity index (χ2v) is 10.1. The maximum atomic E-state index is 6.37. The van der Waals surface area contributed by atoms with Crippen LogP contribution in [0.2, 0.25) is 0 Å². The summed E-state index contributed by atoms with van der Waals surface area (Å²) in [5, 5.41) is 0. The second-order valence-electron chi connectivity index (χ2n) is 10.1. The molecule has 1 aliphatic heterocycles. The van der Waals surface area contributed by atoms with Crippen molar-refractivity contribution >= 4 is 12.6 Å². The molecular formula is C27H29BO2. The van der Waals surface area contributed by atoms with Gasteiger partial charge >= 0.3 is 7.12 Å². The van der Waals surface area contributed by atoms with Crippen molar-refractivity contribution in [3.05, 3.63) is 77.9 Å². The van der Waals surface area contributed by atoms with Crippen LogP contribution in [0.3, 0.4) is 0 Å². The smallest absolute Gasteiger partial charge is 0.399 e. The zero-order valence-electron chi connectivity index (χ0n) is 18.7. The normalized spacial score (nSPS) is 20.1. The van der Waals surface area contributed by atoms with E-state index in [1.807, 2.05) is 0 Å². The highest BCUT2D eigenvalue weighted by molar-refractivity contribution is 6.63. The molecule has 2 aliphatic rings. The average Bonchev–Trinajstić information content (AvgIpc) is 3.08. The van der Waals surface area contributed by atoms with E-state index in [1.165, 1.54) is 33.4 Å². The van der Waals surface area contributed by atoms with Crippen LogP contribution in [0, 0.1) is 0 Å². The summed E-state index contributed by atoms with van der Waals surface area (Å²) in [4.78, 5) is 0. The van der Waals surface area contributed by atoms with Crippen LogP contribution in [-0.2, 0) is 14.7 Å². The second kappa shape index (κ2) is 6.32. The summed E-state index contributed by atoms with van der Waals surface area (Å²) in [6, 6.07) is 24.1. The standard InChI is InChI=1S/C27H29BO2/c1-25(2)22-13-9-7-12-20(22)21-16-15-18(17-23(21)25)19-11-8-10-14-24(19)28-29-26(3,4)27(5,6)30-28/h7-17H,1-6H3. The molecule has 1 heterocycles. The van der Waals surface area contributed by atoms with Gasteiger partial charge in [-0.1, -0.05) is 74.5 Å². The van der Waals surface area contributed by atoms with Crippen molar-refractivity contribution in [2.75, 3.05) is 0 Å². The highest BCUT2D eigenvalue weighted by Crippen LogP contribution is 2.49. The fraction of sp³-hybridized carbons (Fsp3) is 0.333. The first-order chi connectivity index (χ1) is 14.1. The zero-order chi connectivity index (χ0) is 21.3. The largest absolute Gasteiger partial charge is 0.495 e. The molecule has 0 N–H and O–H groups in total. The summed E-state index contributed by atoms with van der Waals surface area (Å²) in [6.45, 7) is 13.0. The Morgan fingerprint density at radius 1 is 0.600 bits per heavy atom. The predicted molar refractivity (Wildman–Crippen MR) is 125 cm³/mol. The van der Waals surface area contributed by atoms with Gasteiger partial charge in [-0.2, -0.15) is 0 Å². The lowest BCUT2D eigenvalue weighted by Crippen LogP contribution is -2.41. The van der Waals surface area contributed by atoms with Gasteiger partial charge in [0.25, 0.3) is 0 Å². The number of fused-ring (bicyclic) bond motifs is 3. The number of hydrogen-bond acceptors (Lipinski definition) is 2. The van der Waals surface area contributed by atoms with Crippen molar-refractivity contribution in [1.29, 1.82) is 0 Å². The van der Waals surface area contributed by atoms with Gasteiger partial charge in [-0.3, -0.25) is 0 Å². The molecule has 0 atom stereocenters.